The summed E-state index contributed by atoms with van der Waals surface area (Å²) in [4.78, 5) is 6.87. The van der Waals surface area contributed by atoms with E-state index in [4.69, 9.17) is 5.73 Å². The number of hydrogen-bond donors (Lipinski definition) is 1. The predicted octanol–water partition coefficient (Wildman–Crippen LogP) is 1.60. The first-order valence-electron chi connectivity index (χ1n) is 6.97. The number of hydrogen-bond acceptors (Lipinski definition) is 4. The minimum atomic E-state index is 0.238. The summed E-state index contributed by atoms with van der Waals surface area (Å²) in [5, 5.41) is 4.58. The van der Waals surface area contributed by atoms with Gasteiger partial charge in [0.1, 0.15) is 0 Å². The lowest BCUT2D eigenvalue weighted by molar-refractivity contribution is 0.362. The molecule has 1 aliphatic heterocycles. The molecule has 2 aromatic heterocycles. The van der Waals surface area contributed by atoms with E-state index < -0.39 is 0 Å². The van der Waals surface area contributed by atoms with Gasteiger partial charge in [0.2, 0.25) is 5.95 Å². The van der Waals surface area contributed by atoms with Gasteiger partial charge in [-0.25, -0.2) is 4.52 Å². The van der Waals surface area contributed by atoms with Gasteiger partial charge in [-0.05, 0) is 44.2 Å². The van der Waals surface area contributed by atoms with Crippen molar-refractivity contribution in [3.63, 3.8) is 0 Å². The van der Waals surface area contributed by atoms with Crippen LogP contribution in [-0.4, -0.2) is 33.7 Å². The minimum absolute atomic E-state index is 0.238. The Bertz CT molecular complexity index is 574. The van der Waals surface area contributed by atoms with E-state index in [0.29, 0.717) is 5.92 Å². The van der Waals surface area contributed by atoms with E-state index in [9.17, 15) is 0 Å². The number of pyridine rings is 1. The van der Waals surface area contributed by atoms with Gasteiger partial charge in [-0.15, -0.1) is 5.10 Å². The van der Waals surface area contributed by atoms with E-state index in [0.717, 1.165) is 24.7 Å². The minimum Gasteiger partial charge on any atom is -0.339 e. The fourth-order valence-electron chi connectivity index (χ4n) is 2.73. The predicted molar refractivity (Wildman–Crippen MR) is 76.3 cm³/mol. The fraction of sp³-hybridized carbons (Fsp3) is 0.571. The van der Waals surface area contributed by atoms with Crippen molar-refractivity contribution in [2.45, 2.75) is 32.7 Å². The highest BCUT2D eigenvalue weighted by molar-refractivity contribution is 5.45. The summed E-state index contributed by atoms with van der Waals surface area (Å²) in [7, 11) is 0. The molecule has 0 bridgehead atoms. The molecule has 2 unspecified atom stereocenters. The van der Waals surface area contributed by atoms with E-state index in [1.54, 1.807) is 0 Å². The van der Waals surface area contributed by atoms with Gasteiger partial charge in [0.25, 0.3) is 0 Å². The molecular weight excluding hydrogens is 238 g/mol. The van der Waals surface area contributed by atoms with Crippen LogP contribution < -0.4 is 10.6 Å². The highest BCUT2D eigenvalue weighted by atomic mass is 15.4. The van der Waals surface area contributed by atoms with Crippen molar-refractivity contribution in [3.05, 3.63) is 23.9 Å². The third-order valence-corrected chi connectivity index (χ3v) is 3.95. The molecule has 102 valence electrons. The normalized spacial score (nSPS) is 21.8. The molecular formula is C14H21N5. The zero-order chi connectivity index (χ0) is 13.4. The average Bonchev–Trinajstić information content (AvgIpc) is 2.81. The molecule has 0 saturated carbocycles. The van der Waals surface area contributed by atoms with E-state index >= 15 is 0 Å². The van der Waals surface area contributed by atoms with E-state index in [1.807, 2.05) is 16.8 Å². The summed E-state index contributed by atoms with van der Waals surface area (Å²) in [6.07, 6.45) is 4.39. The highest BCUT2D eigenvalue weighted by Gasteiger charge is 2.24. The molecule has 0 amide bonds. The van der Waals surface area contributed by atoms with Gasteiger partial charge in [0.15, 0.2) is 5.65 Å². The second kappa shape index (κ2) is 4.81. The average molecular weight is 259 g/mol. The number of rotatable bonds is 2. The number of anilines is 1. The molecule has 1 fully saturated rings. The van der Waals surface area contributed by atoms with Crippen LogP contribution >= 0.6 is 0 Å². The third kappa shape index (κ3) is 2.42. The molecule has 0 aromatic carbocycles. The standard InChI is InChI=1S/C14H21N5/c1-10-5-6-13-16-14(17-19(13)8-10)18-7-3-4-12(9-18)11(2)15/h5-6,8,11-12H,3-4,7,9,15H2,1-2H3. The summed E-state index contributed by atoms with van der Waals surface area (Å²) in [5.74, 6) is 1.37. The van der Waals surface area contributed by atoms with Crippen LogP contribution in [0, 0.1) is 12.8 Å². The molecule has 5 heteroatoms. The Labute approximate surface area is 113 Å². The van der Waals surface area contributed by atoms with Crippen LogP contribution in [0.5, 0.6) is 0 Å². The molecule has 0 aliphatic carbocycles. The SMILES string of the molecule is Cc1ccc2nc(N3CCCC(C(C)N)C3)nn2c1. The van der Waals surface area contributed by atoms with Crippen molar-refractivity contribution in [3.8, 4) is 0 Å². The third-order valence-electron chi connectivity index (χ3n) is 3.95. The molecule has 5 nitrogen and oxygen atoms in total. The first kappa shape index (κ1) is 12.4. The van der Waals surface area contributed by atoms with E-state index in [-0.39, 0.29) is 6.04 Å². The first-order valence-corrected chi connectivity index (χ1v) is 6.97. The number of aryl methyl sites for hydroxylation is 1. The Morgan fingerprint density at radius 1 is 1.42 bits per heavy atom. The number of nitrogens with two attached hydrogens (primary N) is 1. The van der Waals surface area contributed by atoms with Crippen LogP contribution in [0.2, 0.25) is 0 Å². The number of fused-ring (bicyclic) bond motifs is 1. The van der Waals surface area contributed by atoms with Crippen LogP contribution in [-0.2, 0) is 0 Å². The van der Waals surface area contributed by atoms with Crippen molar-refractivity contribution in [1.82, 2.24) is 14.6 Å². The Balaban J connectivity index is 1.87. The zero-order valence-electron chi connectivity index (χ0n) is 11.6. The molecule has 2 aromatic rings. The van der Waals surface area contributed by atoms with Crippen LogP contribution in [0.25, 0.3) is 5.65 Å². The monoisotopic (exact) mass is 259 g/mol. The molecule has 19 heavy (non-hydrogen) atoms. The van der Waals surface area contributed by atoms with Gasteiger partial charge in [0, 0.05) is 25.3 Å². The van der Waals surface area contributed by atoms with Crippen molar-refractivity contribution in [2.75, 3.05) is 18.0 Å². The lowest BCUT2D eigenvalue weighted by Crippen LogP contribution is -2.42. The van der Waals surface area contributed by atoms with Gasteiger partial charge in [-0.2, -0.15) is 4.98 Å². The zero-order valence-corrected chi connectivity index (χ0v) is 11.6. The molecule has 0 spiro atoms. The number of nitrogens with zero attached hydrogens (tertiary/aromatic N) is 4. The Morgan fingerprint density at radius 3 is 3.05 bits per heavy atom. The fourth-order valence-corrected chi connectivity index (χ4v) is 2.73. The largest absolute Gasteiger partial charge is 0.339 e. The summed E-state index contributed by atoms with van der Waals surface area (Å²) in [6.45, 7) is 6.15. The maximum Gasteiger partial charge on any atom is 0.245 e. The van der Waals surface area contributed by atoms with Crippen molar-refractivity contribution < 1.29 is 0 Å². The lowest BCUT2D eigenvalue weighted by atomic mass is 9.92. The van der Waals surface area contributed by atoms with Gasteiger partial charge in [-0.3, -0.25) is 0 Å². The Hall–Kier alpha value is -1.62. The van der Waals surface area contributed by atoms with E-state index in [1.165, 1.54) is 18.4 Å². The maximum atomic E-state index is 6.03. The van der Waals surface area contributed by atoms with Crippen molar-refractivity contribution in [1.29, 1.82) is 0 Å². The lowest BCUT2D eigenvalue weighted by Gasteiger charge is -2.33. The summed E-state index contributed by atoms with van der Waals surface area (Å²) in [6, 6.07) is 4.31. The topological polar surface area (TPSA) is 59.5 Å². The highest BCUT2D eigenvalue weighted by Crippen LogP contribution is 2.22. The molecule has 3 rings (SSSR count). The van der Waals surface area contributed by atoms with Crippen LogP contribution in [0.15, 0.2) is 18.3 Å². The molecule has 3 heterocycles. The first-order chi connectivity index (χ1) is 9.13. The van der Waals surface area contributed by atoms with Gasteiger partial charge >= 0.3 is 0 Å². The smallest absolute Gasteiger partial charge is 0.245 e. The second-order valence-electron chi connectivity index (χ2n) is 5.63. The molecule has 1 saturated heterocycles. The van der Waals surface area contributed by atoms with Crippen LogP contribution in [0.4, 0.5) is 5.95 Å². The molecule has 2 N–H and O–H groups in total. The second-order valence-corrected chi connectivity index (χ2v) is 5.63. The van der Waals surface area contributed by atoms with Gasteiger partial charge < -0.3 is 10.6 Å². The van der Waals surface area contributed by atoms with Crippen LogP contribution in [0.3, 0.4) is 0 Å². The molecule has 2 atom stereocenters. The maximum absolute atomic E-state index is 6.03. The van der Waals surface area contributed by atoms with Crippen molar-refractivity contribution in [2.24, 2.45) is 11.7 Å². The van der Waals surface area contributed by atoms with E-state index in [2.05, 4.69) is 34.9 Å². The molecule has 1 aliphatic rings. The summed E-state index contributed by atoms with van der Waals surface area (Å²) in [5.41, 5.74) is 8.13. The Kier molecular flexibility index (Phi) is 3.14. The van der Waals surface area contributed by atoms with Gasteiger partial charge in [0.05, 0.1) is 0 Å². The summed E-state index contributed by atoms with van der Waals surface area (Å²) >= 11 is 0. The number of piperidine rings is 1. The quantitative estimate of drug-likeness (QED) is 0.890. The molecule has 0 radical (unpaired) electrons. The summed E-state index contributed by atoms with van der Waals surface area (Å²) < 4.78 is 1.86. The van der Waals surface area contributed by atoms with Gasteiger partial charge in [-0.1, -0.05) is 6.07 Å². The van der Waals surface area contributed by atoms with Crippen molar-refractivity contribution >= 4 is 11.6 Å². The Morgan fingerprint density at radius 2 is 2.26 bits per heavy atom. The van der Waals surface area contributed by atoms with Crippen LogP contribution in [0.1, 0.15) is 25.3 Å². The number of aromatic nitrogens is 3.